The molecule has 0 aliphatic rings. The van der Waals surface area contributed by atoms with Crippen LogP contribution in [0.25, 0.3) is 0 Å². The lowest BCUT2D eigenvalue weighted by atomic mass is 10.5. The average molecular weight is 247 g/mol. The number of rotatable bonds is 1. The zero-order chi connectivity index (χ0) is 9.19. The molecule has 12 heavy (non-hydrogen) atoms. The van der Waals surface area contributed by atoms with Crippen molar-refractivity contribution >= 4 is 46.4 Å². The Morgan fingerprint density at radius 2 is 1.92 bits per heavy atom. The topological polar surface area (TPSA) is 22.1 Å². The van der Waals surface area contributed by atoms with E-state index < -0.39 is 3.98 Å². The van der Waals surface area contributed by atoms with Crippen LogP contribution in [0.3, 0.4) is 0 Å². The molecule has 1 rings (SSSR count). The molecular formula is C6H3Cl4NO. The summed E-state index contributed by atoms with van der Waals surface area (Å²) in [5.74, 6) is 0.169. The summed E-state index contributed by atoms with van der Waals surface area (Å²) >= 11 is 21.6. The SMILES string of the molecule is Clc1cccc(OC(Cl)(Cl)Cl)n1. The van der Waals surface area contributed by atoms with Gasteiger partial charge in [-0.15, -0.1) is 0 Å². The van der Waals surface area contributed by atoms with Crippen LogP contribution < -0.4 is 4.74 Å². The molecule has 1 aromatic heterocycles. The van der Waals surface area contributed by atoms with Gasteiger partial charge in [-0.2, -0.15) is 0 Å². The third-order valence-corrected chi connectivity index (χ3v) is 1.35. The molecule has 0 aliphatic carbocycles. The van der Waals surface area contributed by atoms with Crippen molar-refractivity contribution in [3.05, 3.63) is 23.4 Å². The van der Waals surface area contributed by atoms with Crippen LogP contribution >= 0.6 is 46.4 Å². The molecule has 0 N–H and O–H groups in total. The van der Waals surface area contributed by atoms with Crippen LogP contribution in [0, 0.1) is 0 Å². The average Bonchev–Trinajstić information content (AvgIpc) is 1.82. The maximum Gasteiger partial charge on any atom is 0.339 e. The number of ether oxygens (including phenoxy) is 1. The van der Waals surface area contributed by atoms with E-state index in [1.807, 2.05) is 0 Å². The van der Waals surface area contributed by atoms with E-state index in [0.717, 1.165) is 0 Å². The predicted octanol–water partition coefficient (Wildman–Crippen LogP) is 3.44. The fourth-order valence-corrected chi connectivity index (χ4v) is 0.958. The third-order valence-electron chi connectivity index (χ3n) is 0.910. The second-order valence-corrected chi connectivity index (χ2v) is 4.41. The van der Waals surface area contributed by atoms with Crippen molar-refractivity contribution in [1.82, 2.24) is 4.98 Å². The minimum atomic E-state index is -1.81. The number of alkyl halides is 3. The Bertz CT molecular complexity index is 272. The van der Waals surface area contributed by atoms with Crippen molar-refractivity contribution in [3.8, 4) is 5.88 Å². The van der Waals surface area contributed by atoms with Gasteiger partial charge in [0.15, 0.2) is 0 Å². The van der Waals surface area contributed by atoms with E-state index in [0.29, 0.717) is 0 Å². The lowest BCUT2D eigenvalue weighted by Gasteiger charge is -2.11. The first-order chi connectivity index (χ1) is 5.47. The zero-order valence-electron chi connectivity index (χ0n) is 5.60. The van der Waals surface area contributed by atoms with Gasteiger partial charge in [0.05, 0.1) is 0 Å². The molecule has 0 saturated heterocycles. The van der Waals surface area contributed by atoms with Gasteiger partial charge >= 0.3 is 3.98 Å². The van der Waals surface area contributed by atoms with Gasteiger partial charge in [-0.05, 0) is 40.9 Å². The highest BCUT2D eigenvalue weighted by atomic mass is 35.6. The van der Waals surface area contributed by atoms with Crippen molar-refractivity contribution in [1.29, 1.82) is 0 Å². The fourth-order valence-electron chi connectivity index (χ4n) is 0.565. The highest BCUT2D eigenvalue weighted by Crippen LogP contribution is 2.29. The van der Waals surface area contributed by atoms with Crippen molar-refractivity contribution < 1.29 is 4.74 Å². The molecule has 1 heterocycles. The summed E-state index contributed by atoms with van der Waals surface area (Å²) in [6.07, 6.45) is 0. The molecule has 0 fully saturated rings. The standard InChI is InChI=1S/C6H3Cl4NO/c7-4-2-1-3-5(11-4)12-6(8,9)10/h1-3H. The van der Waals surface area contributed by atoms with Crippen LogP contribution in [0.2, 0.25) is 5.15 Å². The second-order valence-electron chi connectivity index (χ2n) is 1.85. The van der Waals surface area contributed by atoms with Crippen molar-refractivity contribution in [2.45, 2.75) is 3.98 Å². The van der Waals surface area contributed by atoms with Crippen molar-refractivity contribution in [2.24, 2.45) is 0 Å². The first-order valence-corrected chi connectivity index (χ1v) is 4.37. The van der Waals surface area contributed by atoms with E-state index in [9.17, 15) is 0 Å². The molecule has 0 aromatic carbocycles. The maximum absolute atomic E-state index is 5.55. The maximum atomic E-state index is 5.55. The van der Waals surface area contributed by atoms with Gasteiger partial charge in [-0.3, -0.25) is 0 Å². The first-order valence-electron chi connectivity index (χ1n) is 2.86. The number of hydrogen-bond donors (Lipinski definition) is 0. The first kappa shape index (κ1) is 10.2. The molecule has 1 aromatic rings. The van der Waals surface area contributed by atoms with Gasteiger partial charge < -0.3 is 4.74 Å². The minimum Gasteiger partial charge on any atom is -0.428 e. The Kier molecular flexibility index (Phi) is 3.29. The van der Waals surface area contributed by atoms with Gasteiger partial charge in [-0.1, -0.05) is 17.7 Å². The Hall–Kier alpha value is 0.110. The molecule has 0 bridgehead atoms. The van der Waals surface area contributed by atoms with Gasteiger partial charge in [0, 0.05) is 6.07 Å². The third kappa shape index (κ3) is 3.68. The summed E-state index contributed by atoms with van der Waals surface area (Å²) in [5.41, 5.74) is 0. The number of halogens is 4. The molecular weight excluding hydrogens is 244 g/mol. The molecule has 0 spiro atoms. The van der Waals surface area contributed by atoms with Gasteiger partial charge in [0.1, 0.15) is 5.15 Å². The highest BCUT2D eigenvalue weighted by molar-refractivity contribution is 6.66. The van der Waals surface area contributed by atoms with Crippen LogP contribution in [0.15, 0.2) is 18.2 Å². The molecule has 0 amide bonds. The smallest absolute Gasteiger partial charge is 0.339 e. The summed E-state index contributed by atoms with van der Waals surface area (Å²) in [6.45, 7) is 0. The van der Waals surface area contributed by atoms with Crippen molar-refractivity contribution in [2.75, 3.05) is 0 Å². The quantitative estimate of drug-likeness (QED) is 0.560. The van der Waals surface area contributed by atoms with Gasteiger partial charge in [0.2, 0.25) is 5.88 Å². The predicted molar refractivity (Wildman–Crippen MR) is 50.2 cm³/mol. The summed E-state index contributed by atoms with van der Waals surface area (Å²) < 4.78 is 2.98. The summed E-state index contributed by atoms with van der Waals surface area (Å²) in [5, 5.41) is 0.279. The molecule has 0 saturated carbocycles. The van der Waals surface area contributed by atoms with E-state index in [4.69, 9.17) is 51.1 Å². The van der Waals surface area contributed by atoms with Crippen LogP contribution in [0.4, 0.5) is 0 Å². The Balaban J connectivity index is 2.77. The summed E-state index contributed by atoms with van der Waals surface area (Å²) in [7, 11) is 0. The van der Waals surface area contributed by atoms with Crippen LogP contribution in [-0.2, 0) is 0 Å². The van der Waals surface area contributed by atoms with E-state index >= 15 is 0 Å². The monoisotopic (exact) mass is 245 g/mol. The number of hydrogen-bond acceptors (Lipinski definition) is 2. The molecule has 0 radical (unpaired) electrons. The number of aromatic nitrogens is 1. The van der Waals surface area contributed by atoms with E-state index in [-0.39, 0.29) is 11.0 Å². The Morgan fingerprint density at radius 3 is 2.42 bits per heavy atom. The molecule has 2 nitrogen and oxygen atoms in total. The number of pyridine rings is 1. The van der Waals surface area contributed by atoms with Crippen LogP contribution in [-0.4, -0.2) is 8.96 Å². The number of nitrogens with zero attached hydrogens (tertiary/aromatic N) is 1. The fraction of sp³-hybridized carbons (Fsp3) is 0.167. The molecule has 66 valence electrons. The molecule has 0 atom stereocenters. The van der Waals surface area contributed by atoms with Crippen molar-refractivity contribution in [3.63, 3.8) is 0 Å². The molecule has 0 aliphatic heterocycles. The Morgan fingerprint density at radius 1 is 1.25 bits per heavy atom. The highest BCUT2D eigenvalue weighted by Gasteiger charge is 2.22. The lowest BCUT2D eigenvalue weighted by Crippen LogP contribution is -2.13. The van der Waals surface area contributed by atoms with E-state index in [1.165, 1.54) is 6.07 Å². The summed E-state index contributed by atoms with van der Waals surface area (Å²) in [4.78, 5) is 3.75. The molecule has 6 heteroatoms. The van der Waals surface area contributed by atoms with Gasteiger partial charge in [-0.25, -0.2) is 4.98 Å². The lowest BCUT2D eigenvalue weighted by molar-refractivity contribution is 0.307. The Labute approximate surface area is 89.3 Å². The zero-order valence-corrected chi connectivity index (χ0v) is 8.62. The van der Waals surface area contributed by atoms with Crippen LogP contribution in [0.5, 0.6) is 5.88 Å². The largest absolute Gasteiger partial charge is 0.428 e. The summed E-state index contributed by atoms with van der Waals surface area (Å²) in [6, 6.07) is 4.77. The second kappa shape index (κ2) is 3.88. The van der Waals surface area contributed by atoms with E-state index in [2.05, 4.69) is 4.98 Å². The normalized spacial score (nSPS) is 11.3. The molecule has 0 unspecified atom stereocenters. The van der Waals surface area contributed by atoms with Gasteiger partial charge in [0.25, 0.3) is 0 Å². The van der Waals surface area contributed by atoms with Crippen LogP contribution in [0.1, 0.15) is 0 Å². The van der Waals surface area contributed by atoms with E-state index in [1.54, 1.807) is 12.1 Å². The minimum absolute atomic E-state index is 0.169.